The Hall–Kier alpha value is -6.44. The number of hydrogen-bond acceptors (Lipinski definition) is 0. The lowest BCUT2D eigenvalue weighted by molar-refractivity contribution is 0.661. The zero-order chi connectivity index (χ0) is 35.4. The smallest absolute Gasteiger partial charge is 0.0541 e. The van der Waals surface area contributed by atoms with Crippen LogP contribution in [0.1, 0.15) is 30.5 Å². The Morgan fingerprint density at radius 2 is 0.887 bits per heavy atom. The summed E-state index contributed by atoms with van der Waals surface area (Å²) >= 11 is 0. The summed E-state index contributed by atoms with van der Waals surface area (Å²) in [7, 11) is 0. The normalized spacial score (nSPS) is 13.3. The predicted octanol–water partition coefficient (Wildman–Crippen LogP) is 14.2. The monoisotopic (exact) mass is 675 g/mol. The van der Waals surface area contributed by atoms with Crippen LogP contribution in [0.15, 0.2) is 170 Å². The average molecular weight is 676 g/mol. The first-order chi connectivity index (χ1) is 25.9. The lowest BCUT2D eigenvalue weighted by atomic mass is 9.80. The highest BCUT2D eigenvalue weighted by molar-refractivity contribution is 6.26. The van der Waals surface area contributed by atoms with Gasteiger partial charge in [-0.25, -0.2) is 0 Å². The number of hydrogen-bond donors (Lipinski definition) is 0. The molecule has 0 amide bonds. The molecular formula is C52H37N. The first kappa shape index (κ1) is 30.2. The molecule has 0 saturated heterocycles. The van der Waals surface area contributed by atoms with Crippen LogP contribution in [0.25, 0.3) is 93.2 Å². The van der Waals surface area contributed by atoms with Crippen molar-refractivity contribution in [2.24, 2.45) is 0 Å². The molecule has 1 heterocycles. The Balaban J connectivity index is 1.05. The summed E-state index contributed by atoms with van der Waals surface area (Å²) in [5.74, 6) is 0. The van der Waals surface area contributed by atoms with Crippen molar-refractivity contribution in [1.29, 1.82) is 0 Å². The highest BCUT2D eigenvalue weighted by Gasteiger charge is 2.36. The van der Waals surface area contributed by atoms with E-state index in [0.29, 0.717) is 0 Å². The van der Waals surface area contributed by atoms with Gasteiger partial charge in [0.25, 0.3) is 0 Å². The minimum atomic E-state index is -0.133. The third-order valence-corrected chi connectivity index (χ3v) is 12.0. The molecule has 250 valence electrons. The van der Waals surface area contributed by atoms with Crippen LogP contribution in [0.2, 0.25) is 0 Å². The number of para-hydroxylation sites is 2. The second kappa shape index (κ2) is 11.0. The van der Waals surface area contributed by atoms with Crippen LogP contribution >= 0.6 is 0 Å². The molecule has 0 aliphatic heterocycles. The SMILES string of the molecule is Cc1cc(-c2ccc3c(c2)C(C)(C)c2cc4c5ccccc5c5ccccc5c4cc2-3)cc(-c2ccc3c(c2)c2ccccc2n3-c2ccccc2)c1. The molecule has 1 heteroatoms. The van der Waals surface area contributed by atoms with E-state index >= 15 is 0 Å². The topological polar surface area (TPSA) is 4.93 Å². The summed E-state index contributed by atoms with van der Waals surface area (Å²) in [4.78, 5) is 0. The largest absolute Gasteiger partial charge is 0.309 e. The first-order valence-corrected chi connectivity index (χ1v) is 18.7. The molecule has 0 atom stereocenters. The molecule has 0 spiro atoms. The molecule has 0 N–H and O–H groups in total. The summed E-state index contributed by atoms with van der Waals surface area (Å²) in [6, 6.07) is 63.4. The molecule has 0 radical (unpaired) electrons. The van der Waals surface area contributed by atoms with E-state index in [1.807, 2.05) is 0 Å². The van der Waals surface area contributed by atoms with Crippen LogP contribution in [0.3, 0.4) is 0 Å². The Labute approximate surface area is 309 Å². The van der Waals surface area contributed by atoms with Crippen molar-refractivity contribution in [2.75, 3.05) is 0 Å². The molecule has 0 fully saturated rings. The van der Waals surface area contributed by atoms with Gasteiger partial charge in [-0.2, -0.15) is 0 Å². The number of rotatable bonds is 3. The number of aryl methyl sites for hydroxylation is 1. The fraction of sp³-hybridized carbons (Fsp3) is 0.0769. The predicted molar refractivity (Wildman–Crippen MR) is 226 cm³/mol. The van der Waals surface area contributed by atoms with Crippen LogP contribution in [0, 0.1) is 6.92 Å². The van der Waals surface area contributed by atoms with Gasteiger partial charge in [0.1, 0.15) is 0 Å². The zero-order valence-electron chi connectivity index (χ0n) is 30.1. The fourth-order valence-corrected chi connectivity index (χ4v) is 9.44. The van der Waals surface area contributed by atoms with E-state index in [1.54, 1.807) is 0 Å². The van der Waals surface area contributed by atoms with Gasteiger partial charge in [-0.15, -0.1) is 0 Å². The molecule has 10 aromatic rings. The van der Waals surface area contributed by atoms with Crippen molar-refractivity contribution < 1.29 is 0 Å². The lowest BCUT2D eigenvalue weighted by Crippen LogP contribution is -2.15. The van der Waals surface area contributed by atoms with E-state index in [-0.39, 0.29) is 5.41 Å². The molecule has 1 aromatic heterocycles. The fourth-order valence-electron chi connectivity index (χ4n) is 9.44. The van der Waals surface area contributed by atoms with Gasteiger partial charge in [-0.3, -0.25) is 0 Å². The van der Waals surface area contributed by atoms with Crippen LogP contribution in [0.5, 0.6) is 0 Å². The standard InChI is InChI=1S/C52H37N/c1-32-25-35(33-22-24-51-47(28-33)43-19-11-12-20-50(43)53(51)37-13-5-4-6-14-37)27-36(26-32)34-21-23-42-46-30-44-40-17-9-7-15-38(40)39-16-8-10-18-41(39)45(44)31-49(46)52(2,3)48(42)29-34/h4-31H,1-3H3. The van der Waals surface area contributed by atoms with E-state index in [4.69, 9.17) is 0 Å². The highest BCUT2D eigenvalue weighted by Crippen LogP contribution is 2.52. The van der Waals surface area contributed by atoms with Crippen molar-refractivity contribution >= 4 is 54.1 Å². The Bertz CT molecular complexity index is 3140. The maximum absolute atomic E-state index is 2.49. The van der Waals surface area contributed by atoms with Crippen molar-refractivity contribution in [3.05, 3.63) is 187 Å². The van der Waals surface area contributed by atoms with Gasteiger partial charge < -0.3 is 4.57 Å². The zero-order valence-corrected chi connectivity index (χ0v) is 30.1. The molecule has 0 unspecified atom stereocenters. The molecule has 1 aliphatic carbocycles. The van der Waals surface area contributed by atoms with E-state index in [0.717, 1.165) is 0 Å². The van der Waals surface area contributed by atoms with Crippen molar-refractivity contribution in [3.8, 4) is 39.1 Å². The van der Waals surface area contributed by atoms with Gasteiger partial charge in [0.05, 0.1) is 11.0 Å². The van der Waals surface area contributed by atoms with E-state index in [1.165, 1.54) is 110 Å². The second-order valence-corrected chi connectivity index (χ2v) is 15.4. The second-order valence-electron chi connectivity index (χ2n) is 15.4. The average Bonchev–Trinajstić information content (AvgIpc) is 3.65. The first-order valence-electron chi connectivity index (χ1n) is 18.7. The number of aromatic nitrogens is 1. The Kier molecular flexibility index (Phi) is 6.29. The third-order valence-electron chi connectivity index (χ3n) is 12.0. The Morgan fingerprint density at radius 1 is 0.358 bits per heavy atom. The van der Waals surface area contributed by atoms with Gasteiger partial charge in [0.15, 0.2) is 0 Å². The van der Waals surface area contributed by atoms with E-state index in [9.17, 15) is 0 Å². The summed E-state index contributed by atoms with van der Waals surface area (Å²) in [6.45, 7) is 7.03. The van der Waals surface area contributed by atoms with E-state index in [2.05, 4.69) is 195 Å². The molecule has 1 aliphatic rings. The van der Waals surface area contributed by atoms with Gasteiger partial charge in [0.2, 0.25) is 0 Å². The van der Waals surface area contributed by atoms with Gasteiger partial charge in [0, 0.05) is 21.9 Å². The summed E-state index contributed by atoms with van der Waals surface area (Å²) in [6.07, 6.45) is 0. The molecule has 1 nitrogen and oxygen atoms in total. The van der Waals surface area contributed by atoms with Gasteiger partial charge in [-0.05, 0) is 144 Å². The van der Waals surface area contributed by atoms with Gasteiger partial charge in [-0.1, -0.05) is 129 Å². The minimum absolute atomic E-state index is 0.133. The molecule has 0 bridgehead atoms. The summed E-state index contributed by atoms with van der Waals surface area (Å²) < 4.78 is 2.38. The summed E-state index contributed by atoms with van der Waals surface area (Å²) in [5.41, 5.74) is 15.3. The van der Waals surface area contributed by atoms with E-state index < -0.39 is 0 Å². The maximum atomic E-state index is 2.49. The molecular weight excluding hydrogens is 639 g/mol. The van der Waals surface area contributed by atoms with Crippen LogP contribution < -0.4 is 0 Å². The van der Waals surface area contributed by atoms with Crippen molar-refractivity contribution in [3.63, 3.8) is 0 Å². The van der Waals surface area contributed by atoms with Crippen LogP contribution in [-0.4, -0.2) is 4.57 Å². The molecule has 9 aromatic carbocycles. The molecule has 0 saturated carbocycles. The minimum Gasteiger partial charge on any atom is -0.309 e. The Morgan fingerprint density at radius 3 is 1.58 bits per heavy atom. The molecule has 53 heavy (non-hydrogen) atoms. The number of fused-ring (bicyclic) bond motifs is 12. The number of benzene rings is 9. The summed E-state index contributed by atoms with van der Waals surface area (Å²) in [5, 5.41) is 10.5. The van der Waals surface area contributed by atoms with Gasteiger partial charge >= 0.3 is 0 Å². The third kappa shape index (κ3) is 4.38. The molecule has 11 rings (SSSR count). The highest BCUT2D eigenvalue weighted by atomic mass is 15.0. The number of nitrogens with zero attached hydrogens (tertiary/aromatic N) is 1. The lowest BCUT2D eigenvalue weighted by Gasteiger charge is -2.23. The van der Waals surface area contributed by atoms with Crippen LogP contribution in [0.4, 0.5) is 0 Å². The van der Waals surface area contributed by atoms with Crippen molar-refractivity contribution in [2.45, 2.75) is 26.2 Å². The van der Waals surface area contributed by atoms with Crippen molar-refractivity contribution in [1.82, 2.24) is 4.57 Å². The van der Waals surface area contributed by atoms with Crippen LogP contribution in [-0.2, 0) is 5.41 Å². The quantitative estimate of drug-likeness (QED) is 0.164. The maximum Gasteiger partial charge on any atom is 0.0541 e.